The topological polar surface area (TPSA) is 12.5 Å². The Morgan fingerprint density at radius 2 is 1.62 bits per heavy atom. The molecule has 0 radical (unpaired) electrons. The van der Waals surface area contributed by atoms with Crippen LogP contribution in [-0.4, -0.2) is 31.1 Å². The van der Waals surface area contributed by atoms with E-state index in [0.29, 0.717) is 0 Å². The summed E-state index contributed by atoms with van der Waals surface area (Å²) in [7, 11) is 0. The fraction of sp³-hybridized carbons (Fsp3) is 0.684. The number of hydrogen-bond acceptors (Lipinski definition) is 2. The molecule has 1 aliphatic heterocycles. The lowest BCUT2D eigenvalue weighted by molar-refractivity contribution is 0.216. The summed E-state index contributed by atoms with van der Waals surface area (Å²) in [6.45, 7) is 11.4. The molecule has 0 atom stereocenters. The number of unbranched alkanes of at least 4 members (excludes halogenated alkanes) is 1. The summed E-state index contributed by atoms with van der Waals surface area (Å²) in [5.74, 6) is 1.00. The molecule has 2 heteroatoms. The first kappa shape index (κ1) is 16.4. The zero-order valence-corrected chi connectivity index (χ0v) is 14.0. The highest BCUT2D eigenvalue weighted by atomic mass is 16.5. The molecule has 1 saturated heterocycles. The molecule has 0 aromatic heterocycles. The first-order valence-electron chi connectivity index (χ1n) is 8.51. The molecule has 0 N–H and O–H groups in total. The molecule has 0 aliphatic carbocycles. The zero-order valence-electron chi connectivity index (χ0n) is 14.0. The van der Waals surface area contributed by atoms with Gasteiger partial charge in [0.05, 0.1) is 6.61 Å². The van der Waals surface area contributed by atoms with Crippen LogP contribution in [0.15, 0.2) is 24.3 Å². The van der Waals surface area contributed by atoms with Gasteiger partial charge in [0.2, 0.25) is 0 Å². The van der Waals surface area contributed by atoms with Crippen LogP contribution in [0.4, 0.5) is 0 Å². The minimum absolute atomic E-state index is 0.215. The standard InChI is InChI=1S/C19H31NO/c1-19(2,3)17-9-11-18(12-10-17)21-16-8-7-15-20-13-5-4-6-14-20/h9-12H,4-8,13-16H2,1-3H3. The molecule has 118 valence electrons. The van der Waals surface area contributed by atoms with E-state index in [4.69, 9.17) is 4.74 Å². The van der Waals surface area contributed by atoms with E-state index in [-0.39, 0.29) is 5.41 Å². The third kappa shape index (κ3) is 5.70. The van der Waals surface area contributed by atoms with Crippen molar-refractivity contribution in [3.8, 4) is 5.75 Å². The van der Waals surface area contributed by atoms with Crippen molar-refractivity contribution in [3.63, 3.8) is 0 Å². The molecule has 1 fully saturated rings. The van der Waals surface area contributed by atoms with Crippen LogP contribution >= 0.6 is 0 Å². The van der Waals surface area contributed by atoms with Crippen molar-refractivity contribution < 1.29 is 4.74 Å². The van der Waals surface area contributed by atoms with Gasteiger partial charge in [-0.1, -0.05) is 39.3 Å². The first-order valence-corrected chi connectivity index (χ1v) is 8.51. The molecule has 0 bridgehead atoms. The van der Waals surface area contributed by atoms with Gasteiger partial charge in [0, 0.05) is 0 Å². The van der Waals surface area contributed by atoms with Gasteiger partial charge in [0.1, 0.15) is 5.75 Å². The summed E-state index contributed by atoms with van der Waals surface area (Å²) < 4.78 is 5.84. The van der Waals surface area contributed by atoms with Crippen LogP contribution in [0.5, 0.6) is 5.75 Å². The summed E-state index contributed by atoms with van der Waals surface area (Å²) in [6, 6.07) is 8.57. The average molecular weight is 289 g/mol. The highest BCUT2D eigenvalue weighted by Gasteiger charge is 2.13. The molecule has 1 aromatic carbocycles. The second-order valence-corrected chi connectivity index (χ2v) is 7.23. The SMILES string of the molecule is CC(C)(C)c1ccc(OCCCCN2CCCCC2)cc1. The monoisotopic (exact) mass is 289 g/mol. The molecule has 1 aliphatic rings. The van der Waals surface area contributed by atoms with Gasteiger partial charge < -0.3 is 9.64 Å². The van der Waals surface area contributed by atoms with Gasteiger partial charge >= 0.3 is 0 Å². The van der Waals surface area contributed by atoms with E-state index in [9.17, 15) is 0 Å². The van der Waals surface area contributed by atoms with Gasteiger partial charge in [0.25, 0.3) is 0 Å². The van der Waals surface area contributed by atoms with Gasteiger partial charge in [-0.3, -0.25) is 0 Å². The molecule has 0 spiro atoms. The van der Waals surface area contributed by atoms with Crippen LogP contribution in [0.2, 0.25) is 0 Å². The molecule has 1 aromatic rings. The Kier molecular flexibility index (Phi) is 6.10. The van der Waals surface area contributed by atoms with E-state index in [0.717, 1.165) is 18.8 Å². The van der Waals surface area contributed by atoms with Crippen molar-refractivity contribution in [1.82, 2.24) is 4.90 Å². The number of likely N-dealkylation sites (tertiary alicyclic amines) is 1. The lowest BCUT2D eigenvalue weighted by atomic mass is 9.87. The Balaban J connectivity index is 1.62. The molecule has 21 heavy (non-hydrogen) atoms. The largest absolute Gasteiger partial charge is 0.494 e. The second kappa shape index (κ2) is 7.84. The highest BCUT2D eigenvalue weighted by molar-refractivity contribution is 5.31. The molecular weight excluding hydrogens is 258 g/mol. The van der Waals surface area contributed by atoms with Crippen molar-refractivity contribution in [3.05, 3.63) is 29.8 Å². The van der Waals surface area contributed by atoms with E-state index >= 15 is 0 Å². The minimum Gasteiger partial charge on any atom is -0.494 e. The Bertz CT molecular complexity index is 399. The summed E-state index contributed by atoms with van der Waals surface area (Å²) in [4.78, 5) is 2.60. The average Bonchev–Trinajstić information content (AvgIpc) is 2.47. The van der Waals surface area contributed by atoms with Crippen LogP contribution in [0.1, 0.15) is 58.4 Å². The van der Waals surface area contributed by atoms with Gasteiger partial charge in [-0.25, -0.2) is 0 Å². The Morgan fingerprint density at radius 1 is 0.952 bits per heavy atom. The number of benzene rings is 1. The van der Waals surface area contributed by atoms with E-state index in [1.807, 2.05) is 0 Å². The van der Waals surface area contributed by atoms with Crippen LogP contribution < -0.4 is 4.74 Å². The molecular formula is C19H31NO. The second-order valence-electron chi connectivity index (χ2n) is 7.23. The maximum atomic E-state index is 5.84. The fourth-order valence-electron chi connectivity index (χ4n) is 2.86. The smallest absolute Gasteiger partial charge is 0.119 e. The van der Waals surface area contributed by atoms with Crippen LogP contribution in [0.25, 0.3) is 0 Å². The lowest BCUT2D eigenvalue weighted by Crippen LogP contribution is -2.30. The van der Waals surface area contributed by atoms with Gasteiger partial charge in [-0.15, -0.1) is 0 Å². The van der Waals surface area contributed by atoms with Crippen molar-refractivity contribution in [2.45, 2.75) is 58.3 Å². The van der Waals surface area contributed by atoms with Crippen LogP contribution in [-0.2, 0) is 5.41 Å². The predicted molar refractivity (Wildman–Crippen MR) is 90.2 cm³/mol. The predicted octanol–water partition coefficient (Wildman–Crippen LogP) is 4.63. The van der Waals surface area contributed by atoms with Crippen molar-refractivity contribution in [1.29, 1.82) is 0 Å². The van der Waals surface area contributed by atoms with Crippen molar-refractivity contribution in [2.24, 2.45) is 0 Å². The third-order valence-corrected chi connectivity index (χ3v) is 4.31. The van der Waals surface area contributed by atoms with Crippen LogP contribution in [0, 0.1) is 0 Å². The van der Waals surface area contributed by atoms with Crippen molar-refractivity contribution >= 4 is 0 Å². The van der Waals surface area contributed by atoms with E-state index in [1.165, 1.54) is 50.9 Å². The van der Waals surface area contributed by atoms with Gasteiger partial charge in [-0.05, 0) is 68.4 Å². The maximum absolute atomic E-state index is 5.84. The molecule has 2 nitrogen and oxygen atoms in total. The quantitative estimate of drug-likeness (QED) is 0.708. The Morgan fingerprint density at radius 3 is 2.24 bits per heavy atom. The maximum Gasteiger partial charge on any atom is 0.119 e. The molecule has 0 amide bonds. The zero-order chi connectivity index (χ0) is 15.1. The lowest BCUT2D eigenvalue weighted by Gasteiger charge is -2.26. The van der Waals surface area contributed by atoms with Gasteiger partial charge in [-0.2, -0.15) is 0 Å². The van der Waals surface area contributed by atoms with Crippen LogP contribution in [0.3, 0.4) is 0 Å². The van der Waals surface area contributed by atoms with E-state index < -0.39 is 0 Å². The fourth-order valence-corrected chi connectivity index (χ4v) is 2.86. The van der Waals surface area contributed by atoms with E-state index in [2.05, 4.69) is 49.9 Å². The summed E-state index contributed by atoms with van der Waals surface area (Å²) in [6.07, 6.45) is 6.59. The molecule has 1 heterocycles. The summed E-state index contributed by atoms with van der Waals surface area (Å²) in [5.41, 5.74) is 1.58. The van der Waals surface area contributed by atoms with Gasteiger partial charge in [0.15, 0.2) is 0 Å². The molecule has 2 rings (SSSR count). The number of nitrogens with zero attached hydrogens (tertiary/aromatic N) is 1. The number of hydrogen-bond donors (Lipinski definition) is 0. The Hall–Kier alpha value is -1.02. The summed E-state index contributed by atoms with van der Waals surface area (Å²) >= 11 is 0. The first-order chi connectivity index (χ1) is 10.1. The minimum atomic E-state index is 0.215. The van der Waals surface area contributed by atoms with Crippen molar-refractivity contribution in [2.75, 3.05) is 26.2 Å². The molecule has 0 unspecified atom stereocenters. The number of ether oxygens (including phenoxy) is 1. The highest BCUT2D eigenvalue weighted by Crippen LogP contribution is 2.24. The van der Waals surface area contributed by atoms with E-state index in [1.54, 1.807) is 0 Å². The Labute approximate surface area is 130 Å². The summed E-state index contributed by atoms with van der Waals surface area (Å²) in [5, 5.41) is 0. The normalized spacial score (nSPS) is 16.9. The number of piperidine rings is 1. The molecule has 0 saturated carbocycles. The number of rotatable bonds is 6. The third-order valence-electron chi connectivity index (χ3n) is 4.31.